The number of aromatic amines is 1. The number of anilines is 1. The predicted molar refractivity (Wildman–Crippen MR) is 116 cm³/mol. The van der Waals surface area contributed by atoms with Crippen LogP contribution in [0.5, 0.6) is 0 Å². The zero-order valence-corrected chi connectivity index (χ0v) is 17.8. The van der Waals surface area contributed by atoms with E-state index in [-0.39, 0.29) is 5.56 Å². The van der Waals surface area contributed by atoms with Crippen LogP contribution in [0.2, 0.25) is 0 Å². The Morgan fingerprint density at radius 3 is 2.79 bits per heavy atom. The topological polar surface area (TPSA) is 74.2 Å². The highest BCUT2D eigenvalue weighted by Crippen LogP contribution is 2.25. The summed E-state index contributed by atoms with van der Waals surface area (Å²) in [5.74, 6) is 4.96. The summed E-state index contributed by atoms with van der Waals surface area (Å²) in [6.07, 6.45) is 9.01. The maximum absolute atomic E-state index is 12.3. The molecule has 0 atom stereocenters. The van der Waals surface area contributed by atoms with E-state index in [1.807, 2.05) is 26.2 Å². The molecule has 6 nitrogen and oxygen atoms in total. The molecule has 2 aromatic rings. The van der Waals surface area contributed by atoms with Crippen molar-refractivity contribution in [2.75, 3.05) is 31.7 Å². The lowest BCUT2D eigenvalue weighted by Crippen LogP contribution is -2.21. The van der Waals surface area contributed by atoms with E-state index in [4.69, 9.17) is 4.42 Å². The monoisotopic (exact) mass is 404 g/mol. The Hall–Kier alpha value is -1.73. The Kier molecular flexibility index (Phi) is 8.03. The molecule has 7 heteroatoms. The molecule has 1 aliphatic rings. The summed E-state index contributed by atoms with van der Waals surface area (Å²) in [7, 11) is 4.06. The van der Waals surface area contributed by atoms with Crippen LogP contribution < -0.4 is 10.9 Å². The second-order valence-corrected chi connectivity index (χ2v) is 8.98. The molecular formula is C21H32N4O2S. The number of aromatic nitrogens is 2. The summed E-state index contributed by atoms with van der Waals surface area (Å²) in [5, 5.41) is 3.21. The van der Waals surface area contributed by atoms with E-state index < -0.39 is 0 Å². The number of nitrogens with zero attached hydrogens (tertiary/aromatic N) is 2. The van der Waals surface area contributed by atoms with Crippen LogP contribution in [-0.4, -0.2) is 41.3 Å². The molecule has 0 aliphatic heterocycles. The van der Waals surface area contributed by atoms with Gasteiger partial charge < -0.3 is 14.6 Å². The molecule has 2 aromatic heterocycles. The van der Waals surface area contributed by atoms with Crippen LogP contribution in [0.25, 0.3) is 0 Å². The molecule has 0 spiro atoms. The third-order valence-corrected chi connectivity index (χ3v) is 6.06. The minimum atomic E-state index is -0.000247. The molecule has 0 unspecified atom stereocenters. The summed E-state index contributed by atoms with van der Waals surface area (Å²) < 4.78 is 5.81. The molecule has 154 valence electrons. The van der Waals surface area contributed by atoms with Crippen LogP contribution in [0.1, 0.15) is 49.2 Å². The largest absolute Gasteiger partial charge is 0.464 e. The van der Waals surface area contributed by atoms with E-state index >= 15 is 0 Å². The lowest BCUT2D eigenvalue weighted by atomic mass is 9.85. The molecule has 0 radical (unpaired) electrons. The van der Waals surface area contributed by atoms with Crippen LogP contribution in [0, 0.1) is 5.92 Å². The van der Waals surface area contributed by atoms with Crippen LogP contribution in [0.3, 0.4) is 0 Å². The minimum absolute atomic E-state index is 0.000247. The predicted octanol–water partition coefficient (Wildman–Crippen LogP) is 3.89. The van der Waals surface area contributed by atoms with Crippen molar-refractivity contribution in [3.8, 4) is 0 Å². The van der Waals surface area contributed by atoms with Gasteiger partial charge in [0.1, 0.15) is 11.5 Å². The van der Waals surface area contributed by atoms with Gasteiger partial charge in [0.2, 0.25) is 5.95 Å². The average molecular weight is 405 g/mol. The Morgan fingerprint density at radius 2 is 2.04 bits per heavy atom. The Bertz CT molecular complexity index is 781. The first-order chi connectivity index (χ1) is 13.6. The number of furan rings is 1. The van der Waals surface area contributed by atoms with Crippen molar-refractivity contribution in [2.24, 2.45) is 5.92 Å². The molecule has 1 fully saturated rings. The van der Waals surface area contributed by atoms with Crippen LogP contribution in [-0.2, 0) is 18.7 Å². The van der Waals surface area contributed by atoms with Gasteiger partial charge in [-0.05, 0) is 38.6 Å². The fraction of sp³-hybridized carbons (Fsp3) is 0.619. The van der Waals surface area contributed by atoms with Gasteiger partial charge in [-0.3, -0.25) is 9.78 Å². The van der Waals surface area contributed by atoms with E-state index in [9.17, 15) is 4.79 Å². The van der Waals surface area contributed by atoms with Crippen molar-refractivity contribution in [1.82, 2.24) is 14.9 Å². The van der Waals surface area contributed by atoms with Crippen LogP contribution >= 0.6 is 11.8 Å². The van der Waals surface area contributed by atoms with Gasteiger partial charge in [-0.15, -0.1) is 0 Å². The van der Waals surface area contributed by atoms with Gasteiger partial charge in [0.25, 0.3) is 5.56 Å². The molecule has 0 bridgehead atoms. The zero-order valence-electron chi connectivity index (χ0n) is 17.0. The smallest absolute Gasteiger partial charge is 0.255 e. The highest BCUT2D eigenvalue weighted by molar-refractivity contribution is 7.98. The standard InChI is InChI=1S/C21H32N4O2S/c1-25(2)14-18-8-9-19(27-18)15-28-11-10-22-21-23-13-17(20(26)24-21)12-16-6-4-3-5-7-16/h8-9,13,16H,3-7,10-12,14-15H2,1-2H3,(H2,22,23,24,26). The summed E-state index contributed by atoms with van der Waals surface area (Å²) in [6.45, 7) is 1.57. The first kappa shape index (κ1) is 21.0. The number of rotatable bonds is 10. The maximum Gasteiger partial charge on any atom is 0.255 e. The van der Waals surface area contributed by atoms with Gasteiger partial charge in [-0.1, -0.05) is 32.1 Å². The van der Waals surface area contributed by atoms with Crippen molar-refractivity contribution in [2.45, 2.75) is 50.8 Å². The van der Waals surface area contributed by atoms with E-state index in [2.05, 4.69) is 20.2 Å². The molecule has 1 saturated carbocycles. The highest BCUT2D eigenvalue weighted by Gasteiger charge is 2.15. The van der Waals surface area contributed by atoms with Gasteiger partial charge in [0.05, 0.1) is 12.3 Å². The second kappa shape index (κ2) is 10.7. The summed E-state index contributed by atoms with van der Waals surface area (Å²) in [4.78, 5) is 21.7. The number of nitrogens with one attached hydrogen (secondary N) is 2. The third-order valence-electron chi connectivity index (χ3n) is 5.08. The lowest BCUT2D eigenvalue weighted by molar-refractivity contribution is 0.344. The molecule has 2 N–H and O–H groups in total. The SMILES string of the molecule is CN(C)Cc1ccc(CSCCNc2ncc(CC3CCCCC3)c(=O)[nH]2)o1. The Balaban J connectivity index is 1.37. The fourth-order valence-corrected chi connectivity index (χ4v) is 4.42. The molecule has 0 saturated heterocycles. The second-order valence-electron chi connectivity index (χ2n) is 7.88. The van der Waals surface area contributed by atoms with Crippen molar-refractivity contribution < 1.29 is 4.42 Å². The van der Waals surface area contributed by atoms with Crippen molar-refractivity contribution in [3.05, 3.63) is 45.8 Å². The van der Waals surface area contributed by atoms with Crippen molar-refractivity contribution in [1.29, 1.82) is 0 Å². The molecule has 0 aromatic carbocycles. The molecular weight excluding hydrogens is 372 g/mol. The summed E-state index contributed by atoms with van der Waals surface area (Å²) in [6, 6.07) is 4.08. The fourth-order valence-electron chi connectivity index (χ4n) is 3.67. The molecule has 2 heterocycles. The maximum atomic E-state index is 12.3. The summed E-state index contributed by atoms with van der Waals surface area (Å²) in [5.41, 5.74) is 0.818. The van der Waals surface area contributed by atoms with Crippen molar-refractivity contribution in [3.63, 3.8) is 0 Å². The van der Waals surface area contributed by atoms with Gasteiger partial charge in [-0.2, -0.15) is 11.8 Å². The normalized spacial score (nSPS) is 15.2. The van der Waals surface area contributed by atoms with E-state index in [0.29, 0.717) is 11.9 Å². The Morgan fingerprint density at radius 1 is 1.25 bits per heavy atom. The Labute approximate surface area is 171 Å². The number of H-pyrrole nitrogens is 1. The lowest BCUT2D eigenvalue weighted by Gasteiger charge is -2.20. The molecule has 28 heavy (non-hydrogen) atoms. The van der Waals surface area contributed by atoms with E-state index in [1.54, 1.807) is 18.0 Å². The van der Waals surface area contributed by atoms with E-state index in [1.165, 1.54) is 32.1 Å². The quantitative estimate of drug-likeness (QED) is 0.585. The summed E-state index contributed by atoms with van der Waals surface area (Å²) >= 11 is 1.80. The van der Waals surface area contributed by atoms with Gasteiger partial charge in [0, 0.05) is 24.1 Å². The van der Waals surface area contributed by atoms with Gasteiger partial charge in [0.15, 0.2) is 0 Å². The van der Waals surface area contributed by atoms with E-state index in [0.717, 1.165) is 48.1 Å². The molecule has 1 aliphatic carbocycles. The van der Waals surface area contributed by atoms with Crippen LogP contribution in [0.4, 0.5) is 5.95 Å². The average Bonchev–Trinajstić information content (AvgIpc) is 3.11. The van der Waals surface area contributed by atoms with Crippen molar-refractivity contribution >= 4 is 17.7 Å². The highest BCUT2D eigenvalue weighted by atomic mass is 32.2. The molecule has 3 rings (SSSR count). The minimum Gasteiger partial charge on any atom is -0.464 e. The number of hydrogen-bond acceptors (Lipinski definition) is 6. The first-order valence-corrected chi connectivity index (χ1v) is 11.4. The van der Waals surface area contributed by atoms with Gasteiger partial charge in [-0.25, -0.2) is 4.98 Å². The molecule has 0 amide bonds. The zero-order chi connectivity index (χ0) is 19.8. The van der Waals surface area contributed by atoms with Gasteiger partial charge >= 0.3 is 0 Å². The van der Waals surface area contributed by atoms with Crippen LogP contribution in [0.15, 0.2) is 27.5 Å². The third kappa shape index (κ3) is 6.71. The first-order valence-electron chi connectivity index (χ1n) is 10.2. The number of thioether (sulfide) groups is 1. The number of hydrogen-bond donors (Lipinski definition) is 2.